The first-order valence-electron chi connectivity index (χ1n) is 5.87. The molecule has 0 fully saturated rings. The first-order valence-corrected chi connectivity index (χ1v) is 7.31. The Balaban J connectivity index is 2.99. The number of methoxy groups -OCH3 is 1. The summed E-state index contributed by atoms with van der Waals surface area (Å²) in [5.41, 5.74) is 6.03. The molecule has 1 aromatic rings. The topological polar surface area (TPSA) is 92.9 Å². The van der Waals surface area contributed by atoms with Gasteiger partial charge >= 0.3 is 0 Å². The number of aliphatic hydroxyl groups is 1. The zero-order valence-corrected chi connectivity index (χ0v) is 12.1. The quantitative estimate of drug-likeness (QED) is 0.750. The molecule has 0 bridgehead atoms. The van der Waals surface area contributed by atoms with Crippen LogP contribution in [0.1, 0.15) is 13.3 Å². The standard InChI is InChI=1S/C12H20N2O4S/c1-9(15)6-7-14(2)19(16,17)10-4-5-11(13)12(8-10)18-3/h4-5,8-9,15H,6-7,13H2,1-3H3. The molecule has 0 spiro atoms. The number of nitrogen functional groups attached to an aromatic ring is 1. The van der Waals surface area contributed by atoms with Gasteiger partial charge in [0.1, 0.15) is 5.75 Å². The fourth-order valence-electron chi connectivity index (χ4n) is 1.52. The van der Waals surface area contributed by atoms with E-state index >= 15 is 0 Å². The van der Waals surface area contributed by atoms with Gasteiger partial charge < -0.3 is 15.6 Å². The summed E-state index contributed by atoms with van der Waals surface area (Å²) in [5, 5.41) is 9.20. The summed E-state index contributed by atoms with van der Waals surface area (Å²) in [4.78, 5) is 0.117. The van der Waals surface area contributed by atoms with Crippen LogP contribution in [0.15, 0.2) is 23.1 Å². The molecule has 1 aromatic carbocycles. The van der Waals surface area contributed by atoms with Crippen LogP contribution in [0.2, 0.25) is 0 Å². The smallest absolute Gasteiger partial charge is 0.242 e. The number of rotatable bonds is 6. The van der Waals surface area contributed by atoms with Gasteiger partial charge in [-0.05, 0) is 25.5 Å². The van der Waals surface area contributed by atoms with E-state index in [9.17, 15) is 13.5 Å². The summed E-state index contributed by atoms with van der Waals surface area (Å²) >= 11 is 0. The molecule has 108 valence electrons. The van der Waals surface area contributed by atoms with Gasteiger partial charge in [-0.15, -0.1) is 0 Å². The molecule has 0 heterocycles. The van der Waals surface area contributed by atoms with E-state index < -0.39 is 16.1 Å². The van der Waals surface area contributed by atoms with Gasteiger partial charge in [0.2, 0.25) is 10.0 Å². The van der Waals surface area contributed by atoms with E-state index in [0.717, 1.165) is 0 Å². The zero-order valence-electron chi connectivity index (χ0n) is 11.3. The van der Waals surface area contributed by atoms with Gasteiger partial charge in [-0.25, -0.2) is 12.7 Å². The third-order valence-electron chi connectivity index (χ3n) is 2.77. The van der Waals surface area contributed by atoms with Crippen molar-refractivity contribution in [2.75, 3.05) is 26.4 Å². The third kappa shape index (κ3) is 3.82. The molecule has 0 saturated carbocycles. The van der Waals surface area contributed by atoms with Gasteiger partial charge in [0.25, 0.3) is 0 Å². The lowest BCUT2D eigenvalue weighted by Crippen LogP contribution is -2.29. The molecule has 0 aliphatic heterocycles. The summed E-state index contributed by atoms with van der Waals surface area (Å²) in [6, 6.07) is 4.32. The van der Waals surface area contributed by atoms with Gasteiger partial charge in [-0.2, -0.15) is 0 Å². The average Bonchev–Trinajstić information content (AvgIpc) is 2.35. The summed E-state index contributed by atoms with van der Waals surface area (Å²) in [5.74, 6) is 0.324. The van der Waals surface area contributed by atoms with Crippen molar-refractivity contribution in [3.05, 3.63) is 18.2 Å². The second-order valence-electron chi connectivity index (χ2n) is 4.37. The van der Waals surface area contributed by atoms with Gasteiger partial charge in [0.05, 0.1) is 23.8 Å². The summed E-state index contributed by atoms with van der Waals surface area (Å²) in [6.07, 6.45) is -0.166. The van der Waals surface area contributed by atoms with Gasteiger partial charge in [0, 0.05) is 19.7 Å². The number of aliphatic hydroxyl groups excluding tert-OH is 1. The van der Waals surface area contributed by atoms with Gasteiger partial charge in [-0.3, -0.25) is 0 Å². The van der Waals surface area contributed by atoms with Crippen LogP contribution in [0.5, 0.6) is 5.75 Å². The van der Waals surface area contributed by atoms with Crippen LogP contribution >= 0.6 is 0 Å². The molecule has 1 unspecified atom stereocenters. The van der Waals surface area contributed by atoms with E-state index in [1.807, 2.05) is 0 Å². The van der Waals surface area contributed by atoms with E-state index in [-0.39, 0.29) is 11.4 Å². The van der Waals surface area contributed by atoms with Crippen LogP contribution in [0.3, 0.4) is 0 Å². The van der Waals surface area contributed by atoms with E-state index in [0.29, 0.717) is 17.9 Å². The van der Waals surface area contributed by atoms with Crippen LogP contribution in [0.4, 0.5) is 5.69 Å². The van der Waals surface area contributed by atoms with E-state index in [4.69, 9.17) is 10.5 Å². The van der Waals surface area contributed by atoms with Crippen molar-refractivity contribution in [2.24, 2.45) is 0 Å². The largest absolute Gasteiger partial charge is 0.495 e. The number of ether oxygens (including phenoxy) is 1. The zero-order chi connectivity index (χ0) is 14.6. The second kappa shape index (κ2) is 6.23. The maximum absolute atomic E-state index is 12.3. The Morgan fingerprint density at radius 3 is 2.63 bits per heavy atom. The minimum absolute atomic E-state index is 0.117. The number of hydrogen-bond donors (Lipinski definition) is 2. The van der Waals surface area contributed by atoms with Crippen molar-refractivity contribution in [3.8, 4) is 5.75 Å². The van der Waals surface area contributed by atoms with Crippen molar-refractivity contribution in [2.45, 2.75) is 24.3 Å². The van der Waals surface area contributed by atoms with Crippen LogP contribution in [-0.4, -0.2) is 44.6 Å². The molecule has 1 atom stereocenters. The molecule has 0 radical (unpaired) electrons. The molecular weight excluding hydrogens is 268 g/mol. The molecule has 0 aliphatic carbocycles. The number of nitrogens with zero attached hydrogens (tertiary/aromatic N) is 1. The minimum Gasteiger partial charge on any atom is -0.495 e. The first-order chi connectivity index (χ1) is 8.78. The number of anilines is 1. The Labute approximate surface area is 113 Å². The summed E-state index contributed by atoms with van der Waals surface area (Å²) in [7, 11) is -0.695. The fourth-order valence-corrected chi connectivity index (χ4v) is 2.72. The van der Waals surface area contributed by atoms with Crippen molar-refractivity contribution in [3.63, 3.8) is 0 Å². The van der Waals surface area contributed by atoms with Crippen LogP contribution in [-0.2, 0) is 10.0 Å². The molecule has 6 nitrogen and oxygen atoms in total. The highest BCUT2D eigenvalue weighted by Crippen LogP contribution is 2.26. The van der Waals surface area contributed by atoms with Crippen molar-refractivity contribution >= 4 is 15.7 Å². The normalized spacial score (nSPS) is 13.5. The highest BCUT2D eigenvalue weighted by atomic mass is 32.2. The van der Waals surface area contributed by atoms with Crippen molar-refractivity contribution in [1.29, 1.82) is 0 Å². The summed E-state index contributed by atoms with van der Waals surface area (Å²) < 4.78 is 30.8. The molecule has 3 N–H and O–H groups in total. The second-order valence-corrected chi connectivity index (χ2v) is 6.41. The Kier molecular flexibility index (Phi) is 5.16. The lowest BCUT2D eigenvalue weighted by Gasteiger charge is -2.18. The molecule has 0 aliphatic rings. The number of hydrogen-bond acceptors (Lipinski definition) is 5. The number of nitrogens with two attached hydrogens (primary N) is 1. The predicted octanol–water partition coefficient (Wildman–Crippen LogP) is 0.669. The van der Waals surface area contributed by atoms with Crippen LogP contribution in [0.25, 0.3) is 0 Å². The maximum atomic E-state index is 12.3. The Bertz CT molecular complexity index is 529. The molecular formula is C12H20N2O4S. The molecule has 1 rings (SSSR count). The highest BCUT2D eigenvalue weighted by molar-refractivity contribution is 7.89. The van der Waals surface area contributed by atoms with E-state index in [2.05, 4.69) is 0 Å². The molecule has 0 saturated heterocycles. The first kappa shape index (κ1) is 15.7. The lowest BCUT2D eigenvalue weighted by atomic mass is 10.3. The Hall–Kier alpha value is -1.31. The van der Waals surface area contributed by atoms with Gasteiger partial charge in [0.15, 0.2) is 0 Å². The highest BCUT2D eigenvalue weighted by Gasteiger charge is 2.22. The predicted molar refractivity (Wildman–Crippen MR) is 73.5 cm³/mol. The molecule has 19 heavy (non-hydrogen) atoms. The van der Waals surface area contributed by atoms with E-state index in [1.54, 1.807) is 6.92 Å². The fraction of sp³-hybridized carbons (Fsp3) is 0.500. The van der Waals surface area contributed by atoms with Crippen molar-refractivity contribution < 1.29 is 18.3 Å². The SMILES string of the molecule is COc1cc(S(=O)(=O)N(C)CCC(C)O)ccc1N. The number of benzene rings is 1. The molecule has 7 heteroatoms. The lowest BCUT2D eigenvalue weighted by molar-refractivity contribution is 0.177. The Morgan fingerprint density at radius 1 is 1.47 bits per heavy atom. The van der Waals surface area contributed by atoms with Crippen LogP contribution in [0, 0.1) is 0 Å². The van der Waals surface area contributed by atoms with Crippen molar-refractivity contribution in [1.82, 2.24) is 4.31 Å². The van der Waals surface area contributed by atoms with E-state index in [1.165, 1.54) is 36.7 Å². The summed E-state index contributed by atoms with van der Waals surface area (Å²) in [6.45, 7) is 1.86. The van der Waals surface area contributed by atoms with Crippen LogP contribution < -0.4 is 10.5 Å². The number of sulfonamides is 1. The monoisotopic (exact) mass is 288 g/mol. The third-order valence-corrected chi connectivity index (χ3v) is 4.63. The molecule has 0 amide bonds. The van der Waals surface area contributed by atoms with Gasteiger partial charge in [-0.1, -0.05) is 0 Å². The maximum Gasteiger partial charge on any atom is 0.242 e. The molecule has 0 aromatic heterocycles. The Morgan fingerprint density at radius 2 is 2.11 bits per heavy atom. The minimum atomic E-state index is -3.60. The average molecular weight is 288 g/mol.